The Morgan fingerprint density at radius 2 is 1.91 bits per heavy atom. The molecule has 7 nitrogen and oxygen atoms in total. The lowest BCUT2D eigenvalue weighted by atomic mass is 9.82. The summed E-state index contributed by atoms with van der Waals surface area (Å²) in [5, 5.41) is 8.58. The first-order valence-electron chi connectivity index (χ1n) is 7.70. The molecule has 1 saturated carbocycles. The fraction of sp³-hybridized carbons (Fsp3) is 0.786. The zero-order chi connectivity index (χ0) is 15.3. The maximum absolute atomic E-state index is 12.5. The molecule has 0 aromatic carbocycles. The molecule has 0 unspecified atom stereocenters. The Morgan fingerprint density at radius 1 is 1.23 bits per heavy atom. The average Bonchev–Trinajstić information content (AvgIpc) is 2.69. The van der Waals surface area contributed by atoms with E-state index in [1.165, 1.54) is 0 Å². The van der Waals surface area contributed by atoms with Crippen LogP contribution in [0.25, 0.3) is 0 Å². The Balaban J connectivity index is 0.00000242. The Hall–Kier alpha value is -1.34. The molecular weight excluding hydrogens is 308 g/mol. The summed E-state index contributed by atoms with van der Waals surface area (Å²) < 4.78 is 0. The van der Waals surface area contributed by atoms with Gasteiger partial charge in [0, 0.05) is 13.1 Å². The molecule has 1 heterocycles. The van der Waals surface area contributed by atoms with Crippen molar-refractivity contribution in [3.05, 3.63) is 0 Å². The van der Waals surface area contributed by atoms with Crippen molar-refractivity contribution in [3.8, 4) is 0 Å². The number of halogens is 1. The number of carbonyl (C=O) groups is 3. The van der Waals surface area contributed by atoms with Crippen LogP contribution in [0.5, 0.6) is 0 Å². The average molecular weight is 333 g/mol. The molecule has 126 valence electrons. The summed E-state index contributed by atoms with van der Waals surface area (Å²) in [4.78, 5) is 37.3. The van der Waals surface area contributed by atoms with E-state index >= 15 is 0 Å². The number of likely N-dealkylation sites (N-methyl/N-ethyl adjacent to an activating group) is 1. The summed E-state index contributed by atoms with van der Waals surface area (Å²) in [7, 11) is 0. The number of urea groups is 1. The number of imide groups is 1. The molecule has 8 heteroatoms. The molecular formula is C14H25ClN4O3. The van der Waals surface area contributed by atoms with Crippen molar-refractivity contribution < 1.29 is 14.4 Å². The van der Waals surface area contributed by atoms with Crippen molar-refractivity contribution in [2.24, 2.45) is 0 Å². The van der Waals surface area contributed by atoms with E-state index in [4.69, 9.17) is 0 Å². The van der Waals surface area contributed by atoms with Crippen molar-refractivity contribution in [1.29, 1.82) is 0 Å². The Kier molecular flexibility index (Phi) is 7.09. The van der Waals surface area contributed by atoms with Crippen molar-refractivity contribution in [1.82, 2.24) is 20.9 Å². The largest absolute Gasteiger partial charge is 0.353 e. The van der Waals surface area contributed by atoms with Gasteiger partial charge in [-0.25, -0.2) is 4.79 Å². The van der Waals surface area contributed by atoms with Gasteiger partial charge in [-0.3, -0.25) is 14.5 Å². The smallest absolute Gasteiger partial charge is 0.325 e. The van der Waals surface area contributed by atoms with Crippen molar-refractivity contribution in [2.75, 3.05) is 26.2 Å². The first-order valence-corrected chi connectivity index (χ1v) is 7.70. The highest BCUT2D eigenvalue weighted by Gasteiger charge is 2.51. The fourth-order valence-corrected chi connectivity index (χ4v) is 2.98. The van der Waals surface area contributed by atoms with Crippen LogP contribution in [-0.2, 0) is 9.59 Å². The number of hydrogen-bond acceptors (Lipinski definition) is 4. The predicted octanol–water partition coefficient (Wildman–Crippen LogP) is 0.389. The second kappa shape index (κ2) is 8.33. The second-order valence-corrected chi connectivity index (χ2v) is 5.67. The second-order valence-electron chi connectivity index (χ2n) is 5.67. The zero-order valence-corrected chi connectivity index (χ0v) is 13.8. The SMILES string of the molecule is CCNCCNC(=O)CN1C(=O)NC2(CCCCC2)C1=O.Cl. The van der Waals surface area contributed by atoms with E-state index in [9.17, 15) is 14.4 Å². The highest BCUT2D eigenvalue weighted by Crippen LogP contribution is 2.33. The van der Waals surface area contributed by atoms with E-state index in [0.717, 1.165) is 30.7 Å². The molecule has 1 aliphatic heterocycles. The molecule has 22 heavy (non-hydrogen) atoms. The van der Waals surface area contributed by atoms with E-state index in [2.05, 4.69) is 16.0 Å². The maximum Gasteiger partial charge on any atom is 0.325 e. The molecule has 0 atom stereocenters. The number of rotatable bonds is 6. The van der Waals surface area contributed by atoms with Crippen LogP contribution in [0.2, 0.25) is 0 Å². The fourth-order valence-electron chi connectivity index (χ4n) is 2.98. The summed E-state index contributed by atoms with van der Waals surface area (Å²) in [5.41, 5.74) is -0.751. The number of nitrogens with zero attached hydrogens (tertiary/aromatic N) is 1. The van der Waals surface area contributed by atoms with Crippen molar-refractivity contribution >= 4 is 30.3 Å². The van der Waals surface area contributed by atoms with Crippen molar-refractivity contribution in [2.45, 2.75) is 44.6 Å². The monoisotopic (exact) mass is 332 g/mol. The van der Waals surface area contributed by atoms with E-state index in [-0.39, 0.29) is 30.8 Å². The summed E-state index contributed by atoms with van der Waals surface area (Å²) in [6, 6.07) is -0.441. The number of hydrogen-bond donors (Lipinski definition) is 3. The van der Waals surface area contributed by atoms with Crippen LogP contribution >= 0.6 is 12.4 Å². The van der Waals surface area contributed by atoms with Gasteiger partial charge >= 0.3 is 6.03 Å². The molecule has 1 saturated heterocycles. The van der Waals surface area contributed by atoms with E-state index in [1.54, 1.807) is 0 Å². The van der Waals surface area contributed by atoms with Crippen LogP contribution in [0.4, 0.5) is 4.79 Å². The Bertz CT molecular complexity index is 424. The van der Waals surface area contributed by atoms with Crippen LogP contribution in [0.15, 0.2) is 0 Å². The van der Waals surface area contributed by atoms with Crippen LogP contribution in [0, 0.1) is 0 Å². The highest BCUT2D eigenvalue weighted by molar-refractivity contribution is 6.09. The molecule has 1 spiro atoms. The van der Waals surface area contributed by atoms with Crippen LogP contribution in [-0.4, -0.2) is 54.5 Å². The van der Waals surface area contributed by atoms with Crippen LogP contribution in [0.3, 0.4) is 0 Å². The van der Waals surface area contributed by atoms with Crippen molar-refractivity contribution in [3.63, 3.8) is 0 Å². The zero-order valence-electron chi connectivity index (χ0n) is 12.9. The van der Waals surface area contributed by atoms with E-state index in [1.807, 2.05) is 6.92 Å². The molecule has 4 amide bonds. The lowest BCUT2D eigenvalue weighted by Gasteiger charge is -2.30. The van der Waals surface area contributed by atoms with Gasteiger partial charge in [-0.1, -0.05) is 26.2 Å². The first kappa shape index (κ1) is 18.7. The summed E-state index contributed by atoms with van der Waals surface area (Å²) in [6.45, 7) is 3.79. The van der Waals surface area contributed by atoms with E-state index < -0.39 is 11.6 Å². The molecule has 0 aromatic rings. The molecule has 0 bridgehead atoms. The molecule has 3 N–H and O–H groups in total. The third-order valence-corrected chi connectivity index (χ3v) is 4.13. The number of nitrogens with one attached hydrogen (secondary N) is 3. The van der Waals surface area contributed by atoms with Gasteiger partial charge in [-0.2, -0.15) is 0 Å². The van der Waals surface area contributed by atoms with Gasteiger partial charge in [0.05, 0.1) is 0 Å². The summed E-state index contributed by atoms with van der Waals surface area (Å²) in [6.07, 6.45) is 4.32. The van der Waals surface area contributed by atoms with Crippen LogP contribution < -0.4 is 16.0 Å². The molecule has 2 rings (SSSR count). The van der Waals surface area contributed by atoms with Gasteiger partial charge in [0.15, 0.2) is 0 Å². The number of carbonyl (C=O) groups excluding carboxylic acids is 3. The van der Waals surface area contributed by atoms with Crippen LogP contribution in [0.1, 0.15) is 39.0 Å². The summed E-state index contributed by atoms with van der Waals surface area (Å²) >= 11 is 0. The molecule has 0 radical (unpaired) electrons. The molecule has 0 aromatic heterocycles. The highest BCUT2D eigenvalue weighted by atomic mass is 35.5. The Morgan fingerprint density at radius 3 is 2.55 bits per heavy atom. The lowest BCUT2D eigenvalue weighted by molar-refractivity contribution is -0.135. The van der Waals surface area contributed by atoms with Gasteiger partial charge in [0.2, 0.25) is 5.91 Å². The molecule has 2 aliphatic rings. The minimum atomic E-state index is -0.751. The van der Waals surface area contributed by atoms with E-state index in [0.29, 0.717) is 25.9 Å². The summed E-state index contributed by atoms with van der Waals surface area (Å²) in [5.74, 6) is -0.543. The van der Waals surface area contributed by atoms with Gasteiger partial charge in [-0.15, -0.1) is 12.4 Å². The topological polar surface area (TPSA) is 90.5 Å². The van der Waals surface area contributed by atoms with Gasteiger partial charge < -0.3 is 16.0 Å². The van der Waals surface area contributed by atoms with Gasteiger partial charge in [0.25, 0.3) is 5.91 Å². The standard InChI is InChI=1S/C14H24N4O3.ClH/c1-2-15-8-9-16-11(19)10-18-12(20)14(17-13(18)21)6-4-3-5-7-14;/h15H,2-10H2,1H3,(H,16,19)(H,17,21);1H. The third kappa shape index (κ3) is 4.10. The normalized spacial score (nSPS) is 19.8. The molecule has 2 fully saturated rings. The lowest BCUT2D eigenvalue weighted by Crippen LogP contribution is -2.49. The quantitative estimate of drug-likeness (QED) is 0.485. The number of amides is 4. The first-order chi connectivity index (χ1) is 10.1. The third-order valence-electron chi connectivity index (χ3n) is 4.13. The van der Waals surface area contributed by atoms with Gasteiger partial charge in [0.1, 0.15) is 12.1 Å². The Labute approximate surface area is 137 Å². The predicted molar refractivity (Wildman–Crippen MR) is 84.9 cm³/mol. The molecule has 1 aliphatic carbocycles. The minimum absolute atomic E-state index is 0. The minimum Gasteiger partial charge on any atom is -0.353 e. The maximum atomic E-state index is 12.5. The van der Waals surface area contributed by atoms with Gasteiger partial charge in [-0.05, 0) is 19.4 Å².